The molecule has 2 aromatic rings. The molecule has 0 radical (unpaired) electrons. The summed E-state index contributed by atoms with van der Waals surface area (Å²) in [6.07, 6.45) is 0.540. The number of hydrogen-bond acceptors (Lipinski definition) is 5. The predicted molar refractivity (Wildman–Crippen MR) is 87.6 cm³/mol. The predicted octanol–water partition coefficient (Wildman–Crippen LogP) is 2.44. The van der Waals surface area contributed by atoms with Gasteiger partial charge in [-0.2, -0.15) is 0 Å². The molecule has 0 fully saturated rings. The van der Waals surface area contributed by atoms with E-state index in [-0.39, 0.29) is 11.5 Å². The number of thiazole rings is 1. The number of hydrogen-bond donors (Lipinski definition) is 2. The van der Waals surface area contributed by atoms with Crippen LogP contribution in [-0.2, 0) is 6.42 Å². The number of nitrogens with zero attached hydrogens (tertiary/aromatic N) is 1. The van der Waals surface area contributed by atoms with Crippen molar-refractivity contribution in [2.24, 2.45) is 0 Å². The van der Waals surface area contributed by atoms with E-state index >= 15 is 0 Å². The molecule has 0 atom stereocenters. The molecule has 0 aliphatic rings. The summed E-state index contributed by atoms with van der Waals surface area (Å²) in [6.45, 7) is 4.22. The van der Waals surface area contributed by atoms with Crippen molar-refractivity contribution < 1.29 is 19.4 Å². The second kappa shape index (κ2) is 7.23. The second-order valence-corrected chi connectivity index (χ2v) is 6.20. The summed E-state index contributed by atoms with van der Waals surface area (Å²) in [5.74, 6) is -0.704. The van der Waals surface area contributed by atoms with Gasteiger partial charge >= 0.3 is 5.97 Å². The number of methoxy groups -OCH3 is 1. The molecule has 0 unspecified atom stereocenters. The van der Waals surface area contributed by atoms with Crippen molar-refractivity contribution in [2.75, 3.05) is 13.7 Å². The van der Waals surface area contributed by atoms with Crippen LogP contribution in [0.3, 0.4) is 0 Å². The molecule has 1 aromatic heterocycles. The van der Waals surface area contributed by atoms with Crippen LogP contribution in [0, 0.1) is 13.8 Å². The number of ether oxygens (including phenoxy) is 1. The number of carbonyl (C=O) groups excluding carboxylic acids is 1. The number of nitrogens with one attached hydrogen (secondary N) is 1. The summed E-state index contributed by atoms with van der Waals surface area (Å²) in [7, 11) is 1.49. The van der Waals surface area contributed by atoms with Crippen molar-refractivity contribution in [3.63, 3.8) is 0 Å². The van der Waals surface area contributed by atoms with Gasteiger partial charge in [-0.25, -0.2) is 9.78 Å². The molecular formula is C16H18N2O4S. The molecule has 2 N–H and O–H groups in total. The van der Waals surface area contributed by atoms with E-state index in [0.717, 1.165) is 16.1 Å². The van der Waals surface area contributed by atoms with Gasteiger partial charge < -0.3 is 15.2 Å². The van der Waals surface area contributed by atoms with Crippen molar-refractivity contribution >= 4 is 23.2 Å². The summed E-state index contributed by atoms with van der Waals surface area (Å²) in [4.78, 5) is 28.2. The van der Waals surface area contributed by atoms with E-state index in [2.05, 4.69) is 10.3 Å². The standard InChI is InChI=1S/C16H18N2O4S/c1-9-10(2)23-15(18-9)14(19)17-7-6-11-4-5-12(16(20)21)8-13(11)22-3/h4-5,8H,6-7H2,1-3H3,(H,17,19)(H,20,21). The maximum absolute atomic E-state index is 12.0. The average Bonchev–Trinajstić information content (AvgIpc) is 2.86. The smallest absolute Gasteiger partial charge is 0.335 e. The summed E-state index contributed by atoms with van der Waals surface area (Å²) in [6, 6.07) is 4.70. The third kappa shape index (κ3) is 4.07. The fraction of sp³-hybridized carbons (Fsp3) is 0.312. The molecule has 0 saturated carbocycles. The monoisotopic (exact) mass is 334 g/mol. The van der Waals surface area contributed by atoms with E-state index in [1.54, 1.807) is 6.07 Å². The molecule has 0 aliphatic carbocycles. The SMILES string of the molecule is COc1cc(C(=O)O)ccc1CCNC(=O)c1nc(C)c(C)s1. The molecule has 1 aromatic carbocycles. The number of rotatable bonds is 6. The fourth-order valence-electron chi connectivity index (χ4n) is 2.04. The third-order valence-electron chi connectivity index (χ3n) is 3.44. The molecule has 7 heteroatoms. The summed E-state index contributed by atoms with van der Waals surface area (Å²) < 4.78 is 5.21. The Bertz CT molecular complexity index is 720. The minimum atomic E-state index is -1.00. The molecule has 0 aliphatic heterocycles. The van der Waals surface area contributed by atoms with E-state index in [1.165, 1.54) is 30.6 Å². The first-order chi connectivity index (χ1) is 10.9. The first-order valence-corrected chi connectivity index (χ1v) is 7.86. The third-order valence-corrected chi connectivity index (χ3v) is 4.51. The molecule has 1 amide bonds. The first kappa shape index (κ1) is 17.0. The number of aromatic nitrogens is 1. The summed E-state index contributed by atoms with van der Waals surface area (Å²) in [5.41, 5.74) is 1.87. The van der Waals surface area contributed by atoms with Gasteiger partial charge in [-0.1, -0.05) is 6.07 Å². The van der Waals surface area contributed by atoms with Gasteiger partial charge in [0.25, 0.3) is 5.91 Å². The number of amides is 1. The zero-order valence-corrected chi connectivity index (χ0v) is 14.0. The maximum atomic E-state index is 12.0. The molecular weight excluding hydrogens is 316 g/mol. The van der Waals surface area contributed by atoms with Gasteiger partial charge in [-0.05, 0) is 38.0 Å². The largest absolute Gasteiger partial charge is 0.496 e. The number of aryl methyl sites for hydroxylation is 2. The van der Waals surface area contributed by atoms with Crippen LogP contribution in [0.1, 0.15) is 36.3 Å². The highest BCUT2D eigenvalue weighted by molar-refractivity contribution is 7.13. The fourth-order valence-corrected chi connectivity index (χ4v) is 2.87. The normalized spacial score (nSPS) is 10.4. The summed E-state index contributed by atoms with van der Waals surface area (Å²) >= 11 is 1.37. The van der Waals surface area contributed by atoms with Gasteiger partial charge in [-0.3, -0.25) is 4.79 Å². The van der Waals surface area contributed by atoms with Crippen LogP contribution in [0.5, 0.6) is 5.75 Å². The van der Waals surface area contributed by atoms with Crippen LogP contribution in [0.4, 0.5) is 0 Å². The van der Waals surface area contributed by atoms with Gasteiger partial charge in [-0.15, -0.1) is 11.3 Å². The number of carboxylic acid groups (broad SMARTS) is 1. The van der Waals surface area contributed by atoms with Crippen LogP contribution in [0.25, 0.3) is 0 Å². The maximum Gasteiger partial charge on any atom is 0.335 e. The molecule has 1 heterocycles. The highest BCUT2D eigenvalue weighted by atomic mass is 32.1. The van der Waals surface area contributed by atoms with Crippen LogP contribution >= 0.6 is 11.3 Å². The minimum absolute atomic E-state index is 0.170. The number of carboxylic acids is 1. The zero-order chi connectivity index (χ0) is 17.0. The minimum Gasteiger partial charge on any atom is -0.496 e. The van der Waals surface area contributed by atoms with Gasteiger partial charge in [0.15, 0.2) is 5.01 Å². The van der Waals surface area contributed by atoms with E-state index in [0.29, 0.717) is 23.7 Å². The lowest BCUT2D eigenvalue weighted by molar-refractivity contribution is 0.0696. The first-order valence-electron chi connectivity index (χ1n) is 7.04. The van der Waals surface area contributed by atoms with E-state index in [4.69, 9.17) is 9.84 Å². The van der Waals surface area contributed by atoms with Gasteiger partial charge in [0, 0.05) is 11.4 Å². The van der Waals surface area contributed by atoms with Crippen molar-refractivity contribution in [1.29, 1.82) is 0 Å². The highest BCUT2D eigenvalue weighted by Gasteiger charge is 2.13. The Morgan fingerprint density at radius 3 is 2.65 bits per heavy atom. The zero-order valence-electron chi connectivity index (χ0n) is 13.2. The van der Waals surface area contributed by atoms with Gasteiger partial charge in [0.05, 0.1) is 18.4 Å². The van der Waals surface area contributed by atoms with E-state index in [1.807, 2.05) is 13.8 Å². The quantitative estimate of drug-likeness (QED) is 0.847. The Kier molecular flexibility index (Phi) is 5.33. The van der Waals surface area contributed by atoms with E-state index < -0.39 is 5.97 Å². The highest BCUT2D eigenvalue weighted by Crippen LogP contribution is 2.21. The van der Waals surface area contributed by atoms with Crippen LogP contribution in [0.2, 0.25) is 0 Å². The number of aromatic carboxylic acids is 1. The summed E-state index contributed by atoms with van der Waals surface area (Å²) in [5, 5.41) is 12.2. The van der Waals surface area contributed by atoms with Gasteiger partial charge in [0.1, 0.15) is 5.75 Å². The van der Waals surface area contributed by atoms with Crippen molar-refractivity contribution in [3.05, 3.63) is 44.9 Å². The topological polar surface area (TPSA) is 88.5 Å². The van der Waals surface area contributed by atoms with Gasteiger partial charge in [0.2, 0.25) is 0 Å². The molecule has 0 saturated heterocycles. The lowest BCUT2D eigenvalue weighted by Crippen LogP contribution is -2.25. The molecule has 2 rings (SSSR count). The Labute approximate surface area is 138 Å². The number of benzene rings is 1. The Morgan fingerprint density at radius 2 is 2.09 bits per heavy atom. The Hall–Kier alpha value is -2.41. The number of carbonyl (C=O) groups is 2. The lowest BCUT2D eigenvalue weighted by atomic mass is 10.1. The van der Waals surface area contributed by atoms with Crippen LogP contribution < -0.4 is 10.1 Å². The van der Waals surface area contributed by atoms with Crippen LogP contribution in [0.15, 0.2) is 18.2 Å². The molecule has 0 bridgehead atoms. The van der Waals surface area contributed by atoms with Crippen molar-refractivity contribution in [2.45, 2.75) is 20.3 Å². The molecule has 23 heavy (non-hydrogen) atoms. The second-order valence-electron chi connectivity index (χ2n) is 5.00. The molecule has 122 valence electrons. The van der Waals surface area contributed by atoms with Crippen molar-refractivity contribution in [1.82, 2.24) is 10.3 Å². The lowest BCUT2D eigenvalue weighted by Gasteiger charge is -2.10. The van der Waals surface area contributed by atoms with Crippen LogP contribution in [-0.4, -0.2) is 35.6 Å². The molecule has 0 spiro atoms. The average molecular weight is 334 g/mol. The Morgan fingerprint density at radius 1 is 1.35 bits per heavy atom. The molecule has 6 nitrogen and oxygen atoms in total. The van der Waals surface area contributed by atoms with E-state index in [9.17, 15) is 9.59 Å². The Balaban J connectivity index is 1.98. The van der Waals surface area contributed by atoms with Crippen molar-refractivity contribution in [3.8, 4) is 5.75 Å².